The molecule has 8 heteroatoms. The van der Waals surface area contributed by atoms with Gasteiger partial charge in [-0.1, -0.05) is 0 Å². The van der Waals surface area contributed by atoms with Crippen molar-refractivity contribution in [3.05, 3.63) is 33.4 Å². The van der Waals surface area contributed by atoms with Gasteiger partial charge in [0.1, 0.15) is 11.6 Å². The van der Waals surface area contributed by atoms with Gasteiger partial charge in [-0.2, -0.15) is 5.26 Å². The van der Waals surface area contributed by atoms with Crippen LogP contribution in [-0.4, -0.2) is 20.4 Å². The van der Waals surface area contributed by atoms with Crippen molar-refractivity contribution in [3.8, 4) is 17.6 Å². The molecule has 0 radical (unpaired) electrons. The Bertz CT molecular complexity index is 603. The van der Waals surface area contributed by atoms with Crippen molar-refractivity contribution in [2.75, 3.05) is 0 Å². The number of phenols is 2. The number of allylic oxidation sites excluding steroid dienone is 1. The van der Waals surface area contributed by atoms with E-state index in [1.807, 2.05) is 0 Å². The summed E-state index contributed by atoms with van der Waals surface area (Å²) in [5.74, 6) is -1.64. The van der Waals surface area contributed by atoms with E-state index in [4.69, 9.17) is 16.9 Å². The van der Waals surface area contributed by atoms with Crippen LogP contribution in [0, 0.1) is 21.4 Å². The van der Waals surface area contributed by atoms with Gasteiger partial charge in [0.2, 0.25) is 5.75 Å². The molecule has 2 N–H and O–H groups in total. The van der Waals surface area contributed by atoms with Crippen LogP contribution in [0.1, 0.15) is 5.56 Å². The van der Waals surface area contributed by atoms with Gasteiger partial charge in [-0.15, -0.1) is 0 Å². The van der Waals surface area contributed by atoms with Crippen molar-refractivity contribution in [2.45, 2.75) is 0 Å². The largest absolute Gasteiger partial charge is 0.504 e. The summed E-state index contributed by atoms with van der Waals surface area (Å²) >= 11 is 5.09. The van der Waals surface area contributed by atoms with E-state index < -0.39 is 32.9 Å². The maximum atomic E-state index is 10.8. The highest BCUT2D eigenvalue weighted by Gasteiger charge is 2.18. The third kappa shape index (κ3) is 2.75. The number of nitro groups is 1. The average molecular weight is 269 g/mol. The van der Waals surface area contributed by atoms with Gasteiger partial charge in [0.15, 0.2) is 5.75 Å². The minimum absolute atomic E-state index is 0.0115. The number of benzene rings is 1. The molecule has 0 aromatic heterocycles. The van der Waals surface area contributed by atoms with Crippen LogP contribution in [0.4, 0.5) is 5.69 Å². The lowest BCUT2D eigenvalue weighted by Crippen LogP contribution is -1.92. The predicted molar refractivity (Wildman–Crippen MR) is 60.9 cm³/mol. The van der Waals surface area contributed by atoms with Gasteiger partial charge in [-0.25, -0.2) is 0 Å². The number of aromatic hydroxyl groups is 2. The van der Waals surface area contributed by atoms with Gasteiger partial charge in [-0.3, -0.25) is 14.9 Å². The fraction of sp³-hybridized carbons (Fsp3) is 0. The van der Waals surface area contributed by atoms with Crippen LogP contribution in [0.25, 0.3) is 6.08 Å². The Morgan fingerprint density at radius 3 is 2.56 bits per heavy atom. The summed E-state index contributed by atoms with van der Waals surface area (Å²) in [5.41, 5.74) is -1.21. The first-order chi connectivity index (χ1) is 8.36. The lowest BCUT2D eigenvalue weighted by atomic mass is 10.1. The standard InChI is InChI=1S/C10H5ClN2O5/c11-10(16)6(4-12)1-5-2-7(13(17)18)9(15)8(14)3-5/h1-3,14-15H/b6-1+. The Morgan fingerprint density at radius 2 is 2.11 bits per heavy atom. The van der Waals surface area contributed by atoms with Crippen LogP contribution in [0.3, 0.4) is 0 Å². The molecule has 1 rings (SSSR count). The minimum Gasteiger partial charge on any atom is -0.504 e. The van der Waals surface area contributed by atoms with Crippen molar-refractivity contribution in [2.24, 2.45) is 0 Å². The number of carbonyl (C=O) groups excluding carboxylic acids is 1. The number of nitriles is 1. The van der Waals surface area contributed by atoms with E-state index in [0.29, 0.717) is 0 Å². The van der Waals surface area contributed by atoms with Crippen molar-refractivity contribution in [1.29, 1.82) is 5.26 Å². The summed E-state index contributed by atoms with van der Waals surface area (Å²) < 4.78 is 0. The molecule has 0 saturated heterocycles. The lowest BCUT2D eigenvalue weighted by molar-refractivity contribution is -0.386. The molecular formula is C10H5ClN2O5. The van der Waals surface area contributed by atoms with Crippen molar-refractivity contribution >= 4 is 28.6 Å². The molecule has 0 atom stereocenters. The monoisotopic (exact) mass is 268 g/mol. The minimum atomic E-state index is -1.03. The van der Waals surface area contributed by atoms with E-state index in [2.05, 4.69) is 0 Å². The Morgan fingerprint density at radius 1 is 1.50 bits per heavy atom. The number of hydrogen-bond donors (Lipinski definition) is 2. The van der Waals surface area contributed by atoms with Crippen LogP contribution in [0.2, 0.25) is 0 Å². The van der Waals surface area contributed by atoms with Gasteiger partial charge in [0.25, 0.3) is 5.24 Å². The molecule has 7 nitrogen and oxygen atoms in total. The molecule has 0 aliphatic heterocycles. The highest BCUT2D eigenvalue weighted by molar-refractivity contribution is 6.68. The summed E-state index contributed by atoms with van der Waals surface area (Å²) in [5, 5.41) is 36.6. The molecule has 18 heavy (non-hydrogen) atoms. The molecule has 0 aliphatic rings. The summed E-state index contributed by atoms with van der Waals surface area (Å²) in [4.78, 5) is 20.4. The van der Waals surface area contributed by atoms with Crippen molar-refractivity contribution < 1.29 is 19.9 Å². The topological polar surface area (TPSA) is 124 Å². The molecule has 1 aromatic rings. The number of rotatable bonds is 3. The summed E-state index contributed by atoms with van der Waals surface area (Å²) in [6.07, 6.45) is 0.960. The average Bonchev–Trinajstić information content (AvgIpc) is 2.29. The second-order valence-corrected chi connectivity index (χ2v) is 3.45. The third-order valence-corrected chi connectivity index (χ3v) is 2.14. The molecule has 0 aliphatic carbocycles. The number of carbonyl (C=O) groups is 1. The summed E-state index contributed by atoms with van der Waals surface area (Å²) in [6, 6.07) is 3.35. The zero-order valence-electron chi connectivity index (χ0n) is 8.62. The van der Waals surface area contributed by atoms with E-state index in [1.54, 1.807) is 0 Å². The zero-order valence-corrected chi connectivity index (χ0v) is 9.38. The fourth-order valence-corrected chi connectivity index (χ4v) is 1.24. The Labute approximate surface area is 105 Å². The van der Waals surface area contributed by atoms with Gasteiger partial charge < -0.3 is 10.2 Å². The number of phenolic OH excluding ortho intramolecular Hbond substituents is 2. The van der Waals surface area contributed by atoms with E-state index in [0.717, 1.165) is 18.2 Å². The van der Waals surface area contributed by atoms with Crippen molar-refractivity contribution in [3.63, 3.8) is 0 Å². The maximum absolute atomic E-state index is 10.8. The molecule has 0 bridgehead atoms. The van der Waals surface area contributed by atoms with Crippen molar-refractivity contribution in [1.82, 2.24) is 0 Å². The molecule has 92 valence electrons. The van der Waals surface area contributed by atoms with E-state index in [9.17, 15) is 25.1 Å². The first-order valence-corrected chi connectivity index (χ1v) is 4.76. The first-order valence-electron chi connectivity index (χ1n) is 4.38. The van der Waals surface area contributed by atoms with E-state index in [1.165, 1.54) is 6.07 Å². The normalized spacial score (nSPS) is 10.8. The fourth-order valence-electron chi connectivity index (χ4n) is 1.15. The first kappa shape index (κ1) is 13.5. The number of nitro benzene ring substituents is 1. The second kappa shape index (κ2) is 5.16. The molecule has 0 heterocycles. The molecule has 0 amide bonds. The van der Waals surface area contributed by atoms with Gasteiger partial charge in [0, 0.05) is 6.07 Å². The molecule has 0 saturated carbocycles. The number of nitrogens with zero attached hydrogens (tertiary/aromatic N) is 2. The predicted octanol–water partition coefficient (Wildman–Crippen LogP) is 1.68. The molecular weight excluding hydrogens is 264 g/mol. The van der Waals surface area contributed by atoms with Crippen LogP contribution in [-0.2, 0) is 4.79 Å². The van der Waals surface area contributed by atoms with E-state index in [-0.39, 0.29) is 5.56 Å². The summed E-state index contributed by atoms with van der Waals surface area (Å²) in [7, 11) is 0. The lowest BCUT2D eigenvalue weighted by Gasteiger charge is -2.01. The van der Waals surface area contributed by atoms with Gasteiger partial charge in [0.05, 0.1) is 4.92 Å². The Balaban J connectivity index is 3.41. The summed E-state index contributed by atoms with van der Waals surface area (Å²) in [6.45, 7) is 0. The Kier molecular flexibility index (Phi) is 3.86. The van der Waals surface area contributed by atoms with Gasteiger partial charge >= 0.3 is 5.69 Å². The highest BCUT2D eigenvalue weighted by Crippen LogP contribution is 2.36. The maximum Gasteiger partial charge on any atom is 0.315 e. The Hall–Kier alpha value is -2.59. The zero-order chi connectivity index (χ0) is 13.9. The second-order valence-electron chi connectivity index (χ2n) is 3.11. The SMILES string of the molecule is N#C/C(=C\c1cc(O)c(O)c([N+](=O)[O-])c1)C(=O)Cl. The van der Waals surface area contributed by atoms with Crippen LogP contribution < -0.4 is 0 Å². The number of hydrogen-bond acceptors (Lipinski definition) is 6. The molecule has 0 unspecified atom stereocenters. The van der Waals surface area contributed by atoms with Crippen LogP contribution in [0.15, 0.2) is 17.7 Å². The molecule has 0 spiro atoms. The molecule has 1 aromatic carbocycles. The van der Waals surface area contributed by atoms with Crippen LogP contribution in [0.5, 0.6) is 11.5 Å². The quantitative estimate of drug-likeness (QED) is 0.214. The highest BCUT2D eigenvalue weighted by atomic mass is 35.5. The van der Waals surface area contributed by atoms with Crippen LogP contribution >= 0.6 is 11.6 Å². The molecule has 0 fully saturated rings. The smallest absolute Gasteiger partial charge is 0.315 e. The van der Waals surface area contributed by atoms with E-state index >= 15 is 0 Å². The number of halogens is 1. The third-order valence-electron chi connectivity index (χ3n) is 1.93. The van der Waals surface area contributed by atoms with Gasteiger partial charge in [-0.05, 0) is 29.3 Å².